The van der Waals surface area contributed by atoms with E-state index in [1.54, 1.807) is 6.07 Å². The number of carbonyl (C=O) groups excluding carboxylic acids is 1. The first-order chi connectivity index (χ1) is 8.59. The van der Waals surface area contributed by atoms with E-state index in [9.17, 15) is 14.9 Å². The van der Waals surface area contributed by atoms with Gasteiger partial charge in [-0.1, -0.05) is 12.2 Å². The minimum atomic E-state index is -0.500. The van der Waals surface area contributed by atoms with Gasteiger partial charge in [0.1, 0.15) is 0 Å². The van der Waals surface area contributed by atoms with Crippen LogP contribution in [0.4, 0.5) is 11.4 Å². The van der Waals surface area contributed by atoms with Gasteiger partial charge < -0.3 is 4.90 Å². The Hall–Kier alpha value is -2.17. The number of nitrogens with zero attached hydrogens (tertiary/aromatic N) is 2. The molecule has 18 heavy (non-hydrogen) atoms. The van der Waals surface area contributed by atoms with E-state index < -0.39 is 4.92 Å². The lowest BCUT2D eigenvalue weighted by atomic mass is 10.1. The Kier molecular flexibility index (Phi) is 3.41. The lowest BCUT2D eigenvalue weighted by Gasteiger charge is -2.25. The molecule has 0 aromatic heterocycles. The Morgan fingerprint density at radius 1 is 1.39 bits per heavy atom. The van der Waals surface area contributed by atoms with Gasteiger partial charge in [0.15, 0.2) is 5.78 Å². The van der Waals surface area contributed by atoms with Crippen LogP contribution in [0.5, 0.6) is 0 Å². The first-order valence-electron chi connectivity index (χ1n) is 5.79. The quantitative estimate of drug-likeness (QED) is 0.356. The second kappa shape index (κ2) is 5.00. The number of nitro groups is 1. The van der Waals surface area contributed by atoms with E-state index >= 15 is 0 Å². The van der Waals surface area contributed by atoms with E-state index in [0.29, 0.717) is 0 Å². The predicted molar refractivity (Wildman–Crippen MR) is 69.1 cm³/mol. The van der Waals surface area contributed by atoms with Gasteiger partial charge in [0, 0.05) is 24.8 Å². The third kappa shape index (κ3) is 2.40. The van der Waals surface area contributed by atoms with Gasteiger partial charge >= 0.3 is 0 Å². The van der Waals surface area contributed by atoms with E-state index in [0.717, 1.165) is 25.2 Å². The first-order valence-corrected chi connectivity index (χ1v) is 5.79. The molecule has 2 rings (SSSR count). The Morgan fingerprint density at radius 3 is 2.72 bits per heavy atom. The average Bonchev–Trinajstić information content (AvgIpc) is 2.39. The molecule has 1 aliphatic heterocycles. The molecular formula is C13H14N2O3. The fraction of sp³-hybridized carbons (Fsp3) is 0.308. The van der Waals surface area contributed by atoms with Crippen LogP contribution in [0.3, 0.4) is 0 Å². The number of Topliss-reactive ketones (excluding diaryl/α,β-unsaturated/α-hetero) is 1. The first kappa shape index (κ1) is 12.3. The summed E-state index contributed by atoms with van der Waals surface area (Å²) < 4.78 is 0. The average molecular weight is 246 g/mol. The minimum Gasteiger partial charge on any atom is -0.367 e. The molecule has 1 aliphatic rings. The number of rotatable bonds is 3. The summed E-state index contributed by atoms with van der Waals surface area (Å²) in [5, 5.41) is 11.0. The van der Waals surface area contributed by atoms with Crippen molar-refractivity contribution in [2.24, 2.45) is 0 Å². The van der Waals surface area contributed by atoms with E-state index in [-0.39, 0.29) is 17.0 Å². The number of ketones is 1. The molecule has 1 heterocycles. The maximum Gasteiger partial charge on any atom is 0.282 e. The second-order valence-electron chi connectivity index (χ2n) is 4.22. The van der Waals surface area contributed by atoms with Crippen LogP contribution in [0.15, 0.2) is 30.4 Å². The van der Waals surface area contributed by atoms with E-state index in [1.807, 2.05) is 6.08 Å². The molecule has 0 saturated carbocycles. The van der Waals surface area contributed by atoms with E-state index in [2.05, 4.69) is 11.0 Å². The van der Waals surface area contributed by atoms with Crippen LogP contribution < -0.4 is 4.90 Å². The van der Waals surface area contributed by atoms with Crippen molar-refractivity contribution in [2.45, 2.75) is 13.3 Å². The van der Waals surface area contributed by atoms with Crippen LogP contribution in [0.25, 0.3) is 0 Å². The number of hydrogen-bond donors (Lipinski definition) is 0. The molecule has 5 nitrogen and oxygen atoms in total. The molecule has 1 aromatic rings. The maximum atomic E-state index is 11.3. The molecule has 0 radical (unpaired) electrons. The lowest BCUT2D eigenvalue weighted by molar-refractivity contribution is -0.385. The number of carbonyl (C=O) groups is 1. The summed E-state index contributed by atoms with van der Waals surface area (Å²) in [7, 11) is 0. The fourth-order valence-electron chi connectivity index (χ4n) is 2.04. The highest BCUT2D eigenvalue weighted by Crippen LogP contribution is 2.27. The molecule has 1 aromatic carbocycles. The molecule has 0 saturated heterocycles. The summed E-state index contributed by atoms with van der Waals surface area (Å²) in [6.07, 6.45) is 5.06. The fourth-order valence-corrected chi connectivity index (χ4v) is 2.04. The molecule has 0 N–H and O–H groups in total. The smallest absolute Gasteiger partial charge is 0.282 e. The summed E-state index contributed by atoms with van der Waals surface area (Å²) in [6.45, 7) is 2.93. The van der Waals surface area contributed by atoms with Crippen molar-refractivity contribution in [3.05, 3.63) is 46.0 Å². The summed E-state index contributed by atoms with van der Waals surface area (Å²) in [5.41, 5.74) is 0.835. The molecular weight excluding hydrogens is 232 g/mol. The zero-order chi connectivity index (χ0) is 13.1. The molecule has 0 unspecified atom stereocenters. The minimum absolute atomic E-state index is 0.116. The van der Waals surface area contributed by atoms with E-state index in [1.165, 1.54) is 19.1 Å². The zero-order valence-corrected chi connectivity index (χ0v) is 10.1. The van der Waals surface area contributed by atoms with Gasteiger partial charge in [0.2, 0.25) is 0 Å². The third-order valence-electron chi connectivity index (χ3n) is 2.98. The van der Waals surface area contributed by atoms with Crippen molar-refractivity contribution in [3.63, 3.8) is 0 Å². The van der Waals surface area contributed by atoms with Gasteiger partial charge in [-0.15, -0.1) is 0 Å². The van der Waals surface area contributed by atoms with Gasteiger partial charge in [-0.05, 0) is 25.5 Å². The topological polar surface area (TPSA) is 63.5 Å². The largest absolute Gasteiger partial charge is 0.367 e. The molecule has 5 heteroatoms. The van der Waals surface area contributed by atoms with Crippen LogP contribution >= 0.6 is 0 Å². The molecule has 0 spiro atoms. The Bertz CT molecular complexity index is 523. The standard InChI is InChI=1S/C13H14N2O3/c1-10(16)12-6-5-11(9-13(12)15(17)18)14-7-3-2-4-8-14/h2-3,5-6,9H,4,7-8H2,1H3. The molecule has 94 valence electrons. The summed E-state index contributed by atoms with van der Waals surface area (Å²) in [5.74, 6) is -0.285. The van der Waals surface area contributed by atoms with Crippen molar-refractivity contribution in [3.8, 4) is 0 Å². The monoisotopic (exact) mass is 246 g/mol. The van der Waals surface area contributed by atoms with Gasteiger partial charge in [0.25, 0.3) is 5.69 Å². The summed E-state index contributed by atoms with van der Waals surface area (Å²) in [4.78, 5) is 23.9. The summed E-state index contributed by atoms with van der Waals surface area (Å²) in [6, 6.07) is 4.78. The Balaban J connectivity index is 2.39. The van der Waals surface area contributed by atoms with Crippen molar-refractivity contribution < 1.29 is 9.72 Å². The van der Waals surface area contributed by atoms with Gasteiger partial charge in [-0.2, -0.15) is 0 Å². The van der Waals surface area contributed by atoms with Crippen molar-refractivity contribution in [1.29, 1.82) is 0 Å². The predicted octanol–water partition coefficient (Wildman–Crippen LogP) is 2.56. The van der Waals surface area contributed by atoms with Gasteiger partial charge in [-0.25, -0.2) is 0 Å². The molecule has 0 atom stereocenters. The lowest BCUT2D eigenvalue weighted by Crippen LogP contribution is -2.26. The molecule has 0 amide bonds. The van der Waals surface area contributed by atoms with E-state index in [4.69, 9.17) is 0 Å². The normalized spacial score (nSPS) is 14.6. The second-order valence-corrected chi connectivity index (χ2v) is 4.22. The van der Waals surface area contributed by atoms with Crippen molar-refractivity contribution in [1.82, 2.24) is 0 Å². The van der Waals surface area contributed by atoms with Gasteiger partial charge in [-0.3, -0.25) is 14.9 Å². The van der Waals surface area contributed by atoms with Gasteiger partial charge in [0.05, 0.1) is 10.5 Å². The Morgan fingerprint density at radius 2 is 2.17 bits per heavy atom. The zero-order valence-electron chi connectivity index (χ0n) is 10.1. The van der Waals surface area contributed by atoms with Crippen LogP contribution in [0.2, 0.25) is 0 Å². The molecule has 0 aliphatic carbocycles. The third-order valence-corrected chi connectivity index (χ3v) is 2.98. The van der Waals surface area contributed by atoms with Crippen LogP contribution in [-0.4, -0.2) is 23.8 Å². The number of benzene rings is 1. The van der Waals surface area contributed by atoms with Crippen LogP contribution in [-0.2, 0) is 0 Å². The summed E-state index contributed by atoms with van der Waals surface area (Å²) >= 11 is 0. The number of anilines is 1. The van der Waals surface area contributed by atoms with Crippen LogP contribution in [0, 0.1) is 10.1 Å². The Labute approximate surface area is 105 Å². The maximum absolute atomic E-state index is 11.3. The van der Waals surface area contributed by atoms with Crippen molar-refractivity contribution >= 4 is 17.2 Å². The number of hydrogen-bond acceptors (Lipinski definition) is 4. The van der Waals surface area contributed by atoms with Crippen molar-refractivity contribution in [2.75, 3.05) is 18.0 Å². The SMILES string of the molecule is CC(=O)c1ccc(N2CC=CCC2)cc1[N+](=O)[O-]. The number of nitro benzene ring substituents is 1. The molecule has 0 fully saturated rings. The van der Waals surface area contributed by atoms with Crippen LogP contribution in [0.1, 0.15) is 23.7 Å². The highest BCUT2D eigenvalue weighted by atomic mass is 16.6. The highest BCUT2D eigenvalue weighted by molar-refractivity contribution is 5.98. The highest BCUT2D eigenvalue weighted by Gasteiger charge is 2.19. The molecule has 0 bridgehead atoms.